The molecule has 0 bridgehead atoms. The van der Waals surface area contributed by atoms with E-state index in [0.717, 1.165) is 17.7 Å². The molecule has 1 aliphatic heterocycles. The molecular weight excluding hydrogens is 354 g/mol. The van der Waals surface area contributed by atoms with E-state index in [1.807, 2.05) is 0 Å². The van der Waals surface area contributed by atoms with Crippen LogP contribution in [0.1, 0.15) is 12.0 Å². The molecule has 5 nitrogen and oxygen atoms in total. The van der Waals surface area contributed by atoms with Crippen LogP contribution in [0.25, 0.3) is 0 Å². The van der Waals surface area contributed by atoms with Crippen LogP contribution < -0.4 is 10.1 Å². The first-order valence-electron chi connectivity index (χ1n) is 7.58. The third-order valence-corrected chi connectivity index (χ3v) is 3.55. The van der Waals surface area contributed by atoms with Gasteiger partial charge >= 0.3 is 12.4 Å². The first-order valence-corrected chi connectivity index (χ1v) is 7.58. The van der Waals surface area contributed by atoms with Crippen LogP contribution in [0.15, 0.2) is 53.6 Å². The van der Waals surface area contributed by atoms with Gasteiger partial charge < -0.3 is 10.1 Å². The quantitative estimate of drug-likeness (QED) is 0.820. The van der Waals surface area contributed by atoms with Crippen molar-refractivity contribution in [3.8, 4) is 5.75 Å². The second-order valence-electron chi connectivity index (χ2n) is 5.43. The maximum Gasteiger partial charge on any atom is 0.573 e. The molecule has 0 atom stereocenters. The Hall–Kier alpha value is -3.10. The van der Waals surface area contributed by atoms with Crippen LogP contribution in [0.2, 0.25) is 0 Å². The summed E-state index contributed by atoms with van der Waals surface area (Å²) >= 11 is 0. The van der Waals surface area contributed by atoms with Gasteiger partial charge in [0.1, 0.15) is 11.6 Å². The Bertz CT molecular complexity index is 817. The topological polar surface area (TPSA) is 53.9 Å². The van der Waals surface area contributed by atoms with Crippen molar-refractivity contribution >= 4 is 17.4 Å². The molecule has 136 valence electrons. The molecule has 1 heterocycles. The summed E-state index contributed by atoms with van der Waals surface area (Å²) in [5, 5.41) is 7.94. The standard InChI is InChI=1S/C17H13F4N3O2/c18-12-3-1-11(2-4-12)15-9-10-24(23-15)16(25)22-13-5-7-14(8-6-13)26-17(19,20)21/h1-8H,9-10H2,(H,22,25). The molecular formula is C17H13F4N3O2. The number of urea groups is 1. The van der Waals surface area contributed by atoms with Crippen molar-refractivity contribution in [3.63, 3.8) is 0 Å². The Balaban J connectivity index is 1.62. The van der Waals surface area contributed by atoms with Crippen molar-refractivity contribution in [2.45, 2.75) is 12.8 Å². The highest BCUT2D eigenvalue weighted by molar-refractivity contribution is 6.03. The molecule has 2 aromatic rings. The highest BCUT2D eigenvalue weighted by Gasteiger charge is 2.31. The van der Waals surface area contributed by atoms with Gasteiger partial charge in [-0.3, -0.25) is 0 Å². The minimum Gasteiger partial charge on any atom is -0.406 e. The zero-order chi connectivity index (χ0) is 18.7. The van der Waals surface area contributed by atoms with Crippen molar-refractivity contribution in [3.05, 3.63) is 59.9 Å². The molecule has 2 aromatic carbocycles. The molecule has 2 amide bonds. The predicted octanol–water partition coefficient (Wildman–Crippen LogP) is 4.37. The van der Waals surface area contributed by atoms with Gasteiger partial charge in [0.15, 0.2) is 0 Å². The third kappa shape index (κ3) is 4.50. The van der Waals surface area contributed by atoms with E-state index in [9.17, 15) is 22.4 Å². The van der Waals surface area contributed by atoms with Crippen molar-refractivity contribution < 1.29 is 27.1 Å². The summed E-state index contributed by atoms with van der Waals surface area (Å²) in [7, 11) is 0. The maximum absolute atomic E-state index is 13.0. The average molecular weight is 367 g/mol. The second kappa shape index (κ2) is 7.03. The van der Waals surface area contributed by atoms with Gasteiger partial charge in [-0.25, -0.2) is 14.2 Å². The fourth-order valence-electron chi connectivity index (χ4n) is 2.38. The molecule has 3 rings (SSSR count). The van der Waals surface area contributed by atoms with E-state index in [1.54, 1.807) is 12.1 Å². The summed E-state index contributed by atoms with van der Waals surface area (Å²) in [6.45, 7) is 0.341. The molecule has 0 saturated carbocycles. The molecule has 0 unspecified atom stereocenters. The summed E-state index contributed by atoms with van der Waals surface area (Å²) in [6.07, 6.45) is -4.26. The van der Waals surface area contributed by atoms with Crippen LogP contribution in [-0.4, -0.2) is 29.7 Å². The van der Waals surface area contributed by atoms with Gasteiger partial charge in [-0.15, -0.1) is 13.2 Å². The van der Waals surface area contributed by atoms with Gasteiger partial charge in [-0.05, 0) is 42.0 Å². The molecule has 0 aliphatic carbocycles. The van der Waals surface area contributed by atoms with Crippen molar-refractivity contribution in [2.75, 3.05) is 11.9 Å². The number of amides is 2. The zero-order valence-electron chi connectivity index (χ0n) is 13.3. The lowest BCUT2D eigenvalue weighted by atomic mass is 10.1. The van der Waals surface area contributed by atoms with E-state index < -0.39 is 12.4 Å². The predicted molar refractivity (Wildman–Crippen MR) is 86.4 cm³/mol. The normalized spacial score (nSPS) is 14.2. The number of ether oxygens (including phenoxy) is 1. The maximum atomic E-state index is 13.0. The van der Waals surface area contributed by atoms with Gasteiger partial charge in [0, 0.05) is 12.1 Å². The van der Waals surface area contributed by atoms with Crippen LogP contribution in [-0.2, 0) is 0 Å². The van der Waals surface area contributed by atoms with E-state index in [4.69, 9.17) is 0 Å². The summed E-state index contributed by atoms with van der Waals surface area (Å²) in [5.41, 5.74) is 1.67. The number of anilines is 1. The van der Waals surface area contributed by atoms with Gasteiger partial charge in [0.05, 0.1) is 12.3 Å². The molecule has 0 spiro atoms. The number of hydrazone groups is 1. The molecule has 0 radical (unpaired) electrons. The first-order chi connectivity index (χ1) is 12.3. The lowest BCUT2D eigenvalue weighted by molar-refractivity contribution is -0.274. The van der Waals surface area contributed by atoms with Crippen LogP contribution in [0.5, 0.6) is 5.75 Å². The highest BCUT2D eigenvalue weighted by atomic mass is 19.4. The van der Waals surface area contributed by atoms with Crippen LogP contribution in [0.4, 0.5) is 28.0 Å². The molecule has 0 fully saturated rings. The number of carbonyl (C=O) groups excluding carboxylic acids is 1. The fourth-order valence-corrected chi connectivity index (χ4v) is 2.38. The van der Waals surface area contributed by atoms with Crippen molar-refractivity contribution in [1.82, 2.24) is 5.01 Å². The summed E-state index contributed by atoms with van der Waals surface area (Å²) in [4.78, 5) is 12.2. The Morgan fingerprint density at radius 3 is 2.35 bits per heavy atom. The van der Waals surface area contributed by atoms with Crippen LogP contribution in [0, 0.1) is 5.82 Å². The molecule has 9 heteroatoms. The van der Waals surface area contributed by atoms with E-state index in [0.29, 0.717) is 24.4 Å². The summed E-state index contributed by atoms with van der Waals surface area (Å²) in [5.74, 6) is -0.742. The molecule has 26 heavy (non-hydrogen) atoms. The first kappa shape index (κ1) is 17.7. The minimum atomic E-state index is -4.77. The monoisotopic (exact) mass is 367 g/mol. The fraction of sp³-hybridized carbons (Fsp3) is 0.176. The van der Waals surface area contributed by atoms with Crippen molar-refractivity contribution in [1.29, 1.82) is 0 Å². The molecule has 1 aliphatic rings. The van der Waals surface area contributed by atoms with Crippen molar-refractivity contribution in [2.24, 2.45) is 5.10 Å². The number of halogens is 4. The lowest BCUT2D eigenvalue weighted by Crippen LogP contribution is -2.28. The number of benzene rings is 2. The average Bonchev–Trinajstić information content (AvgIpc) is 3.06. The number of nitrogens with zero attached hydrogens (tertiary/aromatic N) is 2. The number of rotatable bonds is 3. The van der Waals surface area contributed by atoms with Crippen LogP contribution in [0.3, 0.4) is 0 Å². The number of nitrogens with one attached hydrogen (secondary N) is 1. The van der Waals surface area contributed by atoms with E-state index in [-0.39, 0.29) is 11.6 Å². The Morgan fingerprint density at radius 1 is 1.08 bits per heavy atom. The van der Waals surface area contributed by atoms with E-state index >= 15 is 0 Å². The molecule has 0 saturated heterocycles. The minimum absolute atomic E-state index is 0.301. The lowest BCUT2D eigenvalue weighted by Gasteiger charge is -2.13. The summed E-state index contributed by atoms with van der Waals surface area (Å²) < 4.78 is 53.1. The zero-order valence-corrected chi connectivity index (χ0v) is 13.3. The van der Waals surface area contributed by atoms with Gasteiger partial charge in [-0.2, -0.15) is 5.10 Å². The Kier molecular flexibility index (Phi) is 4.79. The smallest absolute Gasteiger partial charge is 0.406 e. The number of hydrogen-bond acceptors (Lipinski definition) is 3. The molecule has 0 aromatic heterocycles. The van der Waals surface area contributed by atoms with E-state index in [1.165, 1.54) is 29.3 Å². The SMILES string of the molecule is O=C(Nc1ccc(OC(F)(F)F)cc1)N1CCC(c2ccc(F)cc2)=N1. The van der Waals surface area contributed by atoms with Gasteiger partial charge in [-0.1, -0.05) is 12.1 Å². The van der Waals surface area contributed by atoms with Gasteiger partial charge in [0.25, 0.3) is 0 Å². The third-order valence-electron chi connectivity index (χ3n) is 3.55. The Labute approximate surface area is 145 Å². The van der Waals surface area contributed by atoms with Crippen LogP contribution >= 0.6 is 0 Å². The number of hydrogen-bond donors (Lipinski definition) is 1. The largest absolute Gasteiger partial charge is 0.573 e. The second-order valence-corrected chi connectivity index (χ2v) is 5.43. The summed E-state index contributed by atoms with van der Waals surface area (Å²) in [6, 6.07) is 10.0. The number of carbonyl (C=O) groups is 1. The van der Waals surface area contributed by atoms with Gasteiger partial charge in [0.2, 0.25) is 0 Å². The number of alkyl halides is 3. The molecule has 1 N–H and O–H groups in total. The Morgan fingerprint density at radius 2 is 1.73 bits per heavy atom. The van der Waals surface area contributed by atoms with E-state index in [2.05, 4.69) is 15.2 Å². The highest BCUT2D eigenvalue weighted by Crippen LogP contribution is 2.24.